The Bertz CT molecular complexity index is 501. The minimum Gasteiger partial charge on any atom is -0.350 e. The molecule has 1 unspecified atom stereocenters. The summed E-state index contributed by atoms with van der Waals surface area (Å²) in [6.45, 7) is 6.15. The van der Waals surface area contributed by atoms with E-state index in [0.29, 0.717) is 19.4 Å². The summed E-state index contributed by atoms with van der Waals surface area (Å²) in [7, 11) is 0. The molecule has 0 radical (unpaired) electrons. The van der Waals surface area contributed by atoms with Crippen LogP contribution >= 0.6 is 12.4 Å². The first-order valence-corrected chi connectivity index (χ1v) is 7.85. The minimum absolute atomic E-state index is 0. The molecule has 0 saturated carbocycles. The first-order valence-electron chi connectivity index (χ1n) is 7.85. The number of rotatable bonds is 8. The topological polar surface area (TPSA) is 84.2 Å². The first kappa shape index (κ1) is 21.4. The molecule has 0 aromatic heterocycles. The summed E-state index contributed by atoms with van der Waals surface area (Å²) in [4.78, 5) is 23.5. The Morgan fingerprint density at radius 2 is 1.74 bits per heavy atom. The van der Waals surface area contributed by atoms with E-state index in [4.69, 9.17) is 5.73 Å². The SMILES string of the molecule is CCCC(=O)Nc1ccc(CNC(=O)C(C)(N)CCC)cc1.Cl. The number of benzene rings is 1. The highest BCUT2D eigenvalue weighted by molar-refractivity contribution is 5.90. The van der Waals surface area contributed by atoms with Gasteiger partial charge in [0.05, 0.1) is 5.54 Å². The Morgan fingerprint density at radius 1 is 1.13 bits per heavy atom. The molecule has 0 spiro atoms. The second-order valence-electron chi connectivity index (χ2n) is 5.85. The van der Waals surface area contributed by atoms with E-state index in [1.54, 1.807) is 6.92 Å². The molecule has 1 aromatic carbocycles. The number of halogens is 1. The largest absolute Gasteiger partial charge is 0.350 e. The van der Waals surface area contributed by atoms with Crippen LogP contribution in [0.4, 0.5) is 5.69 Å². The fourth-order valence-electron chi connectivity index (χ4n) is 2.17. The van der Waals surface area contributed by atoms with Gasteiger partial charge in [0.25, 0.3) is 0 Å². The lowest BCUT2D eigenvalue weighted by Crippen LogP contribution is -2.51. The van der Waals surface area contributed by atoms with Gasteiger partial charge in [-0.3, -0.25) is 9.59 Å². The number of hydrogen-bond acceptors (Lipinski definition) is 3. The second kappa shape index (κ2) is 10.2. The minimum atomic E-state index is -0.831. The van der Waals surface area contributed by atoms with Crippen molar-refractivity contribution < 1.29 is 9.59 Å². The van der Waals surface area contributed by atoms with Crippen molar-refractivity contribution >= 4 is 29.9 Å². The predicted octanol–water partition coefficient (Wildman–Crippen LogP) is 2.98. The van der Waals surface area contributed by atoms with E-state index in [9.17, 15) is 9.59 Å². The molecule has 0 aliphatic carbocycles. The normalized spacial score (nSPS) is 12.7. The summed E-state index contributed by atoms with van der Waals surface area (Å²) in [5.74, 6) is -0.128. The molecule has 6 heteroatoms. The van der Waals surface area contributed by atoms with Crippen LogP contribution in [0.25, 0.3) is 0 Å². The van der Waals surface area contributed by atoms with E-state index in [2.05, 4.69) is 10.6 Å². The van der Waals surface area contributed by atoms with Gasteiger partial charge in [0.1, 0.15) is 0 Å². The fourth-order valence-corrected chi connectivity index (χ4v) is 2.17. The van der Waals surface area contributed by atoms with Crippen LogP contribution < -0.4 is 16.4 Å². The molecule has 1 atom stereocenters. The third-order valence-corrected chi connectivity index (χ3v) is 3.46. The van der Waals surface area contributed by atoms with Crippen LogP contribution in [0.5, 0.6) is 0 Å². The van der Waals surface area contributed by atoms with Crippen molar-refractivity contribution in [1.29, 1.82) is 0 Å². The summed E-state index contributed by atoms with van der Waals surface area (Å²) in [5, 5.41) is 5.68. The van der Waals surface area contributed by atoms with Crippen molar-refractivity contribution in [3.63, 3.8) is 0 Å². The van der Waals surface area contributed by atoms with Crippen LogP contribution in [-0.2, 0) is 16.1 Å². The summed E-state index contributed by atoms with van der Waals surface area (Å²) < 4.78 is 0. The van der Waals surface area contributed by atoms with Crippen LogP contribution in [0.2, 0.25) is 0 Å². The van der Waals surface area contributed by atoms with E-state index in [1.165, 1.54) is 0 Å². The Hall–Kier alpha value is -1.59. The highest BCUT2D eigenvalue weighted by atomic mass is 35.5. The van der Waals surface area contributed by atoms with Gasteiger partial charge in [-0.25, -0.2) is 0 Å². The quantitative estimate of drug-likeness (QED) is 0.679. The van der Waals surface area contributed by atoms with Gasteiger partial charge < -0.3 is 16.4 Å². The van der Waals surface area contributed by atoms with Crippen molar-refractivity contribution in [2.45, 2.75) is 58.5 Å². The van der Waals surface area contributed by atoms with Gasteiger partial charge in [0, 0.05) is 18.7 Å². The molecule has 0 aliphatic rings. The van der Waals surface area contributed by atoms with Gasteiger partial charge >= 0.3 is 0 Å². The van der Waals surface area contributed by atoms with Gasteiger partial charge in [0.15, 0.2) is 0 Å². The van der Waals surface area contributed by atoms with Crippen LogP contribution in [0.15, 0.2) is 24.3 Å². The maximum absolute atomic E-state index is 12.0. The lowest BCUT2D eigenvalue weighted by atomic mass is 9.96. The zero-order valence-corrected chi connectivity index (χ0v) is 15.0. The van der Waals surface area contributed by atoms with Gasteiger partial charge in [0.2, 0.25) is 11.8 Å². The van der Waals surface area contributed by atoms with Gasteiger partial charge in [-0.1, -0.05) is 32.4 Å². The van der Waals surface area contributed by atoms with Gasteiger partial charge in [-0.05, 0) is 37.5 Å². The number of anilines is 1. The van der Waals surface area contributed by atoms with Crippen molar-refractivity contribution in [3.05, 3.63) is 29.8 Å². The standard InChI is InChI=1S/C17H27N3O2.ClH/c1-4-6-15(21)20-14-9-7-13(8-10-14)12-19-16(22)17(3,18)11-5-2;/h7-10H,4-6,11-12,18H2,1-3H3,(H,19,22)(H,20,21);1H. The Balaban J connectivity index is 0.00000484. The van der Waals surface area contributed by atoms with Crippen LogP contribution in [0.1, 0.15) is 52.0 Å². The molecular weight excluding hydrogens is 314 g/mol. The first-order chi connectivity index (χ1) is 10.4. The van der Waals surface area contributed by atoms with Crippen molar-refractivity contribution in [2.24, 2.45) is 5.73 Å². The Labute approximate surface area is 144 Å². The average molecular weight is 342 g/mol. The fraction of sp³-hybridized carbons (Fsp3) is 0.529. The third-order valence-electron chi connectivity index (χ3n) is 3.46. The van der Waals surface area contributed by atoms with E-state index in [1.807, 2.05) is 38.1 Å². The summed E-state index contributed by atoms with van der Waals surface area (Å²) in [6, 6.07) is 7.44. The molecule has 1 rings (SSSR count). The maximum atomic E-state index is 12.0. The predicted molar refractivity (Wildman–Crippen MR) is 96.6 cm³/mol. The smallest absolute Gasteiger partial charge is 0.240 e. The molecule has 5 nitrogen and oxygen atoms in total. The summed E-state index contributed by atoms with van der Waals surface area (Å²) in [5.41, 5.74) is 6.89. The van der Waals surface area contributed by atoms with Crippen LogP contribution in [0.3, 0.4) is 0 Å². The number of nitrogens with one attached hydrogen (secondary N) is 2. The van der Waals surface area contributed by atoms with E-state index >= 15 is 0 Å². The molecule has 0 saturated heterocycles. The second-order valence-corrected chi connectivity index (χ2v) is 5.85. The van der Waals surface area contributed by atoms with E-state index in [-0.39, 0.29) is 24.2 Å². The van der Waals surface area contributed by atoms with E-state index < -0.39 is 5.54 Å². The number of hydrogen-bond donors (Lipinski definition) is 3. The van der Waals surface area contributed by atoms with E-state index in [0.717, 1.165) is 24.1 Å². The number of carbonyl (C=O) groups is 2. The number of nitrogens with two attached hydrogens (primary N) is 1. The third kappa shape index (κ3) is 7.48. The molecular formula is C17H28ClN3O2. The molecule has 4 N–H and O–H groups in total. The molecule has 0 aliphatic heterocycles. The zero-order valence-electron chi connectivity index (χ0n) is 14.1. The van der Waals surface area contributed by atoms with Gasteiger partial charge in [-0.2, -0.15) is 0 Å². The number of amides is 2. The molecule has 0 heterocycles. The molecule has 0 fully saturated rings. The monoisotopic (exact) mass is 341 g/mol. The lowest BCUT2D eigenvalue weighted by Gasteiger charge is -2.22. The Kier molecular flexibility index (Phi) is 9.53. The summed E-state index contributed by atoms with van der Waals surface area (Å²) in [6.07, 6.45) is 2.86. The zero-order chi connectivity index (χ0) is 16.6. The van der Waals surface area contributed by atoms with Crippen LogP contribution in [-0.4, -0.2) is 17.4 Å². The summed E-state index contributed by atoms with van der Waals surface area (Å²) >= 11 is 0. The van der Waals surface area contributed by atoms with Crippen molar-refractivity contribution in [3.8, 4) is 0 Å². The highest BCUT2D eigenvalue weighted by Gasteiger charge is 2.26. The lowest BCUT2D eigenvalue weighted by molar-refractivity contribution is -0.126. The Morgan fingerprint density at radius 3 is 2.26 bits per heavy atom. The number of carbonyl (C=O) groups excluding carboxylic acids is 2. The molecule has 1 aromatic rings. The van der Waals surface area contributed by atoms with Crippen molar-refractivity contribution in [1.82, 2.24) is 5.32 Å². The molecule has 0 bridgehead atoms. The highest BCUT2D eigenvalue weighted by Crippen LogP contribution is 2.12. The van der Waals surface area contributed by atoms with Crippen LogP contribution in [0, 0.1) is 0 Å². The molecule has 23 heavy (non-hydrogen) atoms. The van der Waals surface area contributed by atoms with Crippen molar-refractivity contribution in [2.75, 3.05) is 5.32 Å². The molecule has 130 valence electrons. The maximum Gasteiger partial charge on any atom is 0.240 e. The van der Waals surface area contributed by atoms with Gasteiger partial charge in [-0.15, -0.1) is 12.4 Å². The average Bonchev–Trinajstić information content (AvgIpc) is 2.46. The molecule has 2 amide bonds.